The number of halogens is 3. The summed E-state index contributed by atoms with van der Waals surface area (Å²) >= 11 is 0. The number of benzene rings is 1. The first kappa shape index (κ1) is 13.8. The minimum absolute atomic E-state index is 0.282. The molecule has 0 fully saturated rings. The van der Waals surface area contributed by atoms with E-state index >= 15 is 0 Å². The fraction of sp³-hybridized carbons (Fsp3) is 0.500. The molecule has 1 aromatic rings. The summed E-state index contributed by atoms with van der Waals surface area (Å²) in [6, 6.07) is 5.20. The molecule has 2 nitrogen and oxygen atoms in total. The normalized spacial score (nSPS) is 13.5. The maximum Gasteiger partial charge on any atom is 0.416 e. The Balaban J connectivity index is 2.66. The van der Waals surface area contributed by atoms with Crippen molar-refractivity contribution in [3.05, 3.63) is 29.8 Å². The lowest BCUT2D eigenvalue weighted by atomic mass is 10.1. The maximum absolute atomic E-state index is 12.5. The highest BCUT2D eigenvalue weighted by Gasteiger charge is 2.30. The van der Waals surface area contributed by atoms with Gasteiger partial charge in [0.15, 0.2) is 0 Å². The summed E-state index contributed by atoms with van der Waals surface area (Å²) in [6.07, 6.45) is -3.39. The van der Waals surface area contributed by atoms with Crippen LogP contribution in [-0.2, 0) is 6.18 Å². The van der Waals surface area contributed by atoms with E-state index in [0.717, 1.165) is 18.6 Å². The van der Waals surface area contributed by atoms with E-state index in [1.165, 1.54) is 6.07 Å². The van der Waals surface area contributed by atoms with Crippen LogP contribution in [0.3, 0.4) is 0 Å². The maximum atomic E-state index is 12.5. The van der Waals surface area contributed by atoms with Crippen molar-refractivity contribution in [1.82, 2.24) is 0 Å². The van der Waals surface area contributed by atoms with Crippen molar-refractivity contribution in [3.8, 4) is 0 Å². The first-order valence-corrected chi connectivity index (χ1v) is 5.58. The van der Waals surface area contributed by atoms with Gasteiger partial charge < -0.3 is 11.1 Å². The van der Waals surface area contributed by atoms with Crippen LogP contribution in [0, 0.1) is 5.92 Å². The minimum Gasteiger partial charge on any atom is -0.385 e. The Bertz CT molecular complexity index is 346. The van der Waals surface area contributed by atoms with Crippen LogP contribution in [-0.4, -0.2) is 13.1 Å². The number of rotatable bonds is 5. The van der Waals surface area contributed by atoms with Crippen LogP contribution in [0.1, 0.15) is 18.9 Å². The first-order chi connectivity index (χ1) is 7.97. The fourth-order valence-electron chi connectivity index (χ4n) is 1.46. The molecule has 0 heterocycles. The van der Waals surface area contributed by atoms with E-state index in [1.807, 2.05) is 6.92 Å². The molecule has 0 spiro atoms. The van der Waals surface area contributed by atoms with Gasteiger partial charge in [0.25, 0.3) is 0 Å². The molecule has 17 heavy (non-hydrogen) atoms. The van der Waals surface area contributed by atoms with E-state index in [2.05, 4.69) is 5.32 Å². The van der Waals surface area contributed by atoms with E-state index in [1.54, 1.807) is 6.07 Å². The molecule has 0 saturated carbocycles. The monoisotopic (exact) mass is 246 g/mol. The molecule has 0 amide bonds. The second-order valence-electron chi connectivity index (χ2n) is 3.97. The third-order valence-corrected chi connectivity index (χ3v) is 2.70. The highest BCUT2D eigenvalue weighted by atomic mass is 19.4. The Morgan fingerprint density at radius 3 is 2.59 bits per heavy atom. The lowest BCUT2D eigenvalue weighted by Gasteiger charge is -2.15. The number of anilines is 1. The Hall–Kier alpha value is -1.23. The highest BCUT2D eigenvalue weighted by molar-refractivity contribution is 5.46. The summed E-state index contributed by atoms with van der Waals surface area (Å²) in [4.78, 5) is 0. The Labute approximate surface area is 99.0 Å². The van der Waals surface area contributed by atoms with Crippen LogP contribution in [0.25, 0.3) is 0 Å². The average Bonchev–Trinajstić information content (AvgIpc) is 2.30. The Kier molecular flexibility index (Phi) is 4.81. The van der Waals surface area contributed by atoms with Gasteiger partial charge in [-0.1, -0.05) is 19.4 Å². The molecule has 5 heteroatoms. The van der Waals surface area contributed by atoms with Crippen LogP contribution in [0.4, 0.5) is 18.9 Å². The Morgan fingerprint density at radius 2 is 2.06 bits per heavy atom. The van der Waals surface area contributed by atoms with E-state index in [-0.39, 0.29) is 5.92 Å². The van der Waals surface area contributed by atoms with Crippen molar-refractivity contribution in [2.24, 2.45) is 11.7 Å². The summed E-state index contributed by atoms with van der Waals surface area (Å²) < 4.78 is 37.4. The summed E-state index contributed by atoms with van der Waals surface area (Å²) in [5.74, 6) is 0.282. The number of nitrogens with one attached hydrogen (secondary N) is 1. The van der Waals surface area contributed by atoms with Gasteiger partial charge in [-0.15, -0.1) is 0 Å². The summed E-state index contributed by atoms with van der Waals surface area (Å²) in [5.41, 5.74) is 5.37. The topological polar surface area (TPSA) is 38.0 Å². The van der Waals surface area contributed by atoms with Crippen molar-refractivity contribution in [1.29, 1.82) is 0 Å². The van der Waals surface area contributed by atoms with Crippen LogP contribution < -0.4 is 11.1 Å². The van der Waals surface area contributed by atoms with Crippen LogP contribution in [0.5, 0.6) is 0 Å². The van der Waals surface area contributed by atoms with Crippen LogP contribution in [0.2, 0.25) is 0 Å². The lowest BCUT2D eigenvalue weighted by Crippen LogP contribution is -2.22. The summed E-state index contributed by atoms with van der Waals surface area (Å²) in [5, 5.41) is 2.98. The van der Waals surface area contributed by atoms with Crippen molar-refractivity contribution >= 4 is 5.69 Å². The van der Waals surface area contributed by atoms with Gasteiger partial charge in [-0.2, -0.15) is 13.2 Å². The van der Waals surface area contributed by atoms with Crippen molar-refractivity contribution in [2.75, 3.05) is 18.4 Å². The molecule has 0 bridgehead atoms. The standard InChI is InChI=1S/C12H17F3N2/c1-2-9(7-16)8-17-11-5-3-4-10(6-11)12(13,14)15/h3-6,9,17H,2,7-8,16H2,1H3. The molecule has 0 aliphatic carbocycles. The van der Waals surface area contributed by atoms with Crippen molar-refractivity contribution in [2.45, 2.75) is 19.5 Å². The number of alkyl halides is 3. The molecule has 0 aliphatic heterocycles. The molecular weight excluding hydrogens is 229 g/mol. The van der Waals surface area contributed by atoms with E-state index in [9.17, 15) is 13.2 Å². The molecule has 0 saturated heterocycles. The predicted octanol–water partition coefficient (Wildman–Crippen LogP) is 3.10. The number of hydrogen-bond donors (Lipinski definition) is 2. The Morgan fingerprint density at radius 1 is 1.35 bits per heavy atom. The largest absolute Gasteiger partial charge is 0.416 e. The van der Waals surface area contributed by atoms with Gasteiger partial charge in [0, 0.05) is 12.2 Å². The predicted molar refractivity (Wildman–Crippen MR) is 62.8 cm³/mol. The van der Waals surface area contributed by atoms with Gasteiger partial charge in [-0.25, -0.2) is 0 Å². The van der Waals surface area contributed by atoms with Gasteiger partial charge in [0.1, 0.15) is 0 Å². The molecule has 3 N–H and O–H groups in total. The molecular formula is C12H17F3N2. The van der Waals surface area contributed by atoms with E-state index < -0.39 is 11.7 Å². The summed E-state index contributed by atoms with van der Waals surface area (Å²) in [7, 11) is 0. The third kappa shape index (κ3) is 4.26. The average molecular weight is 246 g/mol. The minimum atomic E-state index is -4.30. The lowest BCUT2D eigenvalue weighted by molar-refractivity contribution is -0.137. The van der Waals surface area contributed by atoms with Gasteiger partial charge >= 0.3 is 6.18 Å². The van der Waals surface area contributed by atoms with E-state index in [0.29, 0.717) is 18.8 Å². The summed E-state index contributed by atoms with van der Waals surface area (Å²) in [6.45, 7) is 3.13. The molecule has 1 rings (SSSR count). The van der Waals surface area contributed by atoms with Gasteiger partial charge in [-0.3, -0.25) is 0 Å². The molecule has 0 aromatic heterocycles. The van der Waals surface area contributed by atoms with Crippen LogP contribution >= 0.6 is 0 Å². The number of hydrogen-bond acceptors (Lipinski definition) is 2. The third-order valence-electron chi connectivity index (χ3n) is 2.70. The molecule has 1 unspecified atom stereocenters. The number of nitrogens with two attached hydrogens (primary N) is 1. The van der Waals surface area contributed by atoms with Crippen molar-refractivity contribution in [3.63, 3.8) is 0 Å². The molecule has 0 radical (unpaired) electrons. The fourth-order valence-corrected chi connectivity index (χ4v) is 1.46. The SMILES string of the molecule is CCC(CN)CNc1cccc(C(F)(F)F)c1. The van der Waals surface area contributed by atoms with Crippen molar-refractivity contribution < 1.29 is 13.2 Å². The molecule has 1 atom stereocenters. The zero-order valence-corrected chi connectivity index (χ0v) is 9.72. The second-order valence-corrected chi connectivity index (χ2v) is 3.97. The quantitative estimate of drug-likeness (QED) is 0.837. The van der Waals surface area contributed by atoms with Gasteiger partial charge in [-0.05, 0) is 30.7 Å². The van der Waals surface area contributed by atoms with Crippen LogP contribution in [0.15, 0.2) is 24.3 Å². The highest BCUT2D eigenvalue weighted by Crippen LogP contribution is 2.30. The molecule has 1 aromatic carbocycles. The zero-order valence-electron chi connectivity index (χ0n) is 9.72. The molecule has 0 aliphatic rings. The second kappa shape index (κ2) is 5.91. The van der Waals surface area contributed by atoms with E-state index in [4.69, 9.17) is 5.73 Å². The zero-order chi connectivity index (χ0) is 12.9. The smallest absolute Gasteiger partial charge is 0.385 e. The van der Waals surface area contributed by atoms with Gasteiger partial charge in [0.05, 0.1) is 5.56 Å². The van der Waals surface area contributed by atoms with Gasteiger partial charge in [0.2, 0.25) is 0 Å². The molecule has 96 valence electrons. The first-order valence-electron chi connectivity index (χ1n) is 5.58.